The van der Waals surface area contributed by atoms with E-state index in [0.717, 1.165) is 20.8 Å². The van der Waals surface area contributed by atoms with Crippen LogP contribution < -0.4 is 10.6 Å². The fourth-order valence-corrected chi connectivity index (χ4v) is 3.07. The Morgan fingerprint density at radius 3 is 2.03 bits per heavy atom. The Morgan fingerprint density at radius 2 is 1.48 bits per heavy atom. The predicted molar refractivity (Wildman–Crippen MR) is 111 cm³/mol. The van der Waals surface area contributed by atoms with Crippen molar-refractivity contribution in [2.45, 2.75) is 52.2 Å². The first kappa shape index (κ1) is 25.6. The molecule has 1 aromatic rings. The van der Waals surface area contributed by atoms with Crippen molar-refractivity contribution >= 4 is 35.6 Å². The second kappa shape index (κ2) is 11.8. The lowest BCUT2D eigenvalue weighted by Crippen LogP contribution is -2.62. The smallest absolute Gasteiger partial charge is 0.338 e. The highest BCUT2D eigenvalue weighted by Crippen LogP contribution is 2.23. The number of amides is 2. The molecule has 0 aliphatic carbocycles. The van der Waals surface area contributed by atoms with Gasteiger partial charge < -0.3 is 34.3 Å². The summed E-state index contributed by atoms with van der Waals surface area (Å²) in [4.78, 5) is 58.8. The van der Waals surface area contributed by atoms with Crippen LogP contribution in [-0.2, 0) is 38.1 Å². The molecular weight excluding hydrogens is 440 g/mol. The van der Waals surface area contributed by atoms with Crippen molar-refractivity contribution in [3.63, 3.8) is 0 Å². The molecule has 0 unspecified atom stereocenters. The van der Waals surface area contributed by atoms with Crippen molar-refractivity contribution in [2.24, 2.45) is 0 Å². The first-order valence-electron chi connectivity index (χ1n) is 10.1. The summed E-state index contributed by atoms with van der Waals surface area (Å²) >= 11 is 0. The van der Waals surface area contributed by atoms with Gasteiger partial charge in [0.1, 0.15) is 0 Å². The molecule has 12 heteroatoms. The third-order valence-electron chi connectivity index (χ3n) is 4.28. The summed E-state index contributed by atoms with van der Waals surface area (Å²) in [6, 6.07) is 5.22. The number of rotatable bonds is 7. The standard InChI is InChI=1S/C21H26N2O10/c1-5-29-20(27)14-6-8-15(9-7-14)22-21(28)23-19-18(33-13(4)26)17(32-12(3)25)16(10-30-19)31-11(2)24/h6-9,16-19H,5,10H2,1-4H3,(H2,22,23,28)/t16-,17-,18+,19+/m0/s1. The number of ether oxygens (including phenoxy) is 5. The molecule has 1 aliphatic rings. The molecule has 2 N–H and O–H groups in total. The molecule has 1 aromatic carbocycles. The third-order valence-corrected chi connectivity index (χ3v) is 4.28. The van der Waals surface area contributed by atoms with Gasteiger partial charge in [-0.05, 0) is 31.2 Å². The van der Waals surface area contributed by atoms with Crippen molar-refractivity contribution in [3.05, 3.63) is 29.8 Å². The molecule has 1 heterocycles. The van der Waals surface area contributed by atoms with Gasteiger partial charge in [0.2, 0.25) is 0 Å². The van der Waals surface area contributed by atoms with Crippen LogP contribution in [0.3, 0.4) is 0 Å². The average Bonchev–Trinajstić information content (AvgIpc) is 2.72. The van der Waals surface area contributed by atoms with Crippen molar-refractivity contribution in [2.75, 3.05) is 18.5 Å². The molecule has 2 amide bonds. The topological polar surface area (TPSA) is 156 Å². The van der Waals surface area contributed by atoms with Crippen LogP contribution in [0.5, 0.6) is 0 Å². The van der Waals surface area contributed by atoms with Gasteiger partial charge in [0.05, 0.1) is 18.8 Å². The molecule has 0 aromatic heterocycles. The zero-order valence-corrected chi connectivity index (χ0v) is 18.6. The van der Waals surface area contributed by atoms with Gasteiger partial charge >= 0.3 is 29.9 Å². The van der Waals surface area contributed by atoms with Crippen molar-refractivity contribution in [1.82, 2.24) is 5.32 Å². The van der Waals surface area contributed by atoms with E-state index in [9.17, 15) is 24.0 Å². The highest BCUT2D eigenvalue weighted by Gasteiger charge is 2.47. The molecule has 0 radical (unpaired) electrons. The van der Waals surface area contributed by atoms with Gasteiger partial charge in [-0.3, -0.25) is 14.4 Å². The maximum atomic E-state index is 12.5. The minimum atomic E-state index is -1.29. The molecule has 180 valence electrons. The predicted octanol–water partition coefficient (Wildman–Crippen LogP) is 1.14. The number of esters is 4. The number of hydrogen-bond donors (Lipinski definition) is 2. The maximum absolute atomic E-state index is 12.5. The van der Waals surface area contributed by atoms with Crippen molar-refractivity contribution < 1.29 is 47.7 Å². The highest BCUT2D eigenvalue weighted by molar-refractivity contribution is 5.92. The summed E-state index contributed by atoms with van der Waals surface area (Å²) in [7, 11) is 0. The van der Waals surface area contributed by atoms with Crippen LogP contribution in [0.1, 0.15) is 38.1 Å². The van der Waals surface area contributed by atoms with Gasteiger partial charge in [-0.25, -0.2) is 9.59 Å². The normalized spacial score (nSPS) is 21.8. The fourth-order valence-electron chi connectivity index (χ4n) is 3.07. The monoisotopic (exact) mass is 466 g/mol. The van der Waals surface area contributed by atoms with E-state index in [0.29, 0.717) is 11.3 Å². The van der Waals surface area contributed by atoms with Gasteiger partial charge in [0.25, 0.3) is 0 Å². The van der Waals surface area contributed by atoms with E-state index in [4.69, 9.17) is 23.7 Å². The number of carbonyl (C=O) groups is 5. The summed E-state index contributed by atoms with van der Waals surface area (Å²) in [6.45, 7) is 5.13. The van der Waals surface area contributed by atoms with Crippen LogP contribution in [0.4, 0.5) is 10.5 Å². The summed E-state index contributed by atoms with van der Waals surface area (Å²) < 4.78 is 26.0. The molecule has 33 heavy (non-hydrogen) atoms. The number of benzene rings is 1. The van der Waals surface area contributed by atoms with Crippen LogP contribution in [0, 0.1) is 0 Å². The molecule has 4 atom stereocenters. The molecule has 0 saturated carbocycles. The van der Waals surface area contributed by atoms with Crippen LogP contribution in [0.15, 0.2) is 24.3 Å². The largest absolute Gasteiger partial charge is 0.462 e. The van der Waals surface area contributed by atoms with Gasteiger partial charge in [-0.15, -0.1) is 0 Å². The Labute approximate surface area is 189 Å². The van der Waals surface area contributed by atoms with Gasteiger partial charge in [0.15, 0.2) is 24.5 Å². The molecule has 12 nitrogen and oxygen atoms in total. The summed E-state index contributed by atoms with van der Waals surface area (Å²) in [5.74, 6) is -2.59. The van der Waals surface area contributed by atoms with E-state index in [2.05, 4.69) is 10.6 Å². The maximum Gasteiger partial charge on any atom is 0.338 e. The number of urea groups is 1. The number of carbonyl (C=O) groups excluding carboxylic acids is 5. The van der Waals surface area contributed by atoms with Crippen LogP contribution in [-0.4, -0.2) is 67.7 Å². The Morgan fingerprint density at radius 1 is 0.909 bits per heavy atom. The Kier molecular flexibility index (Phi) is 9.16. The molecule has 1 fully saturated rings. The third kappa shape index (κ3) is 7.75. The quantitative estimate of drug-likeness (QED) is 0.441. The van der Waals surface area contributed by atoms with Gasteiger partial charge in [-0.1, -0.05) is 0 Å². The van der Waals surface area contributed by atoms with Crippen LogP contribution in [0.2, 0.25) is 0 Å². The lowest BCUT2D eigenvalue weighted by molar-refractivity contribution is -0.228. The highest BCUT2D eigenvalue weighted by atomic mass is 16.6. The molecule has 0 bridgehead atoms. The van der Waals surface area contributed by atoms with E-state index < -0.39 is 54.4 Å². The number of hydrogen-bond acceptors (Lipinski definition) is 10. The van der Waals surface area contributed by atoms with Gasteiger partial charge in [0, 0.05) is 26.5 Å². The second-order valence-corrected chi connectivity index (χ2v) is 6.95. The Balaban J connectivity index is 2.12. The molecular formula is C21H26N2O10. The van der Waals surface area contributed by atoms with Gasteiger partial charge in [-0.2, -0.15) is 0 Å². The first-order chi connectivity index (χ1) is 15.6. The fraction of sp³-hybridized carbons (Fsp3) is 0.476. The zero-order chi connectivity index (χ0) is 24.5. The van der Waals surface area contributed by atoms with Crippen LogP contribution in [0.25, 0.3) is 0 Å². The molecule has 2 rings (SSSR count). The Hall–Kier alpha value is -3.67. The Bertz CT molecular complexity index is 886. The van der Waals surface area contributed by atoms with E-state index in [1.54, 1.807) is 6.92 Å². The lowest BCUT2D eigenvalue weighted by atomic mass is 10.0. The summed E-state index contributed by atoms with van der Waals surface area (Å²) in [6.07, 6.45) is -4.77. The van der Waals surface area contributed by atoms with E-state index >= 15 is 0 Å². The van der Waals surface area contributed by atoms with E-state index in [-0.39, 0.29) is 13.2 Å². The second-order valence-electron chi connectivity index (χ2n) is 6.95. The van der Waals surface area contributed by atoms with E-state index in [1.165, 1.54) is 24.3 Å². The van der Waals surface area contributed by atoms with Crippen molar-refractivity contribution in [3.8, 4) is 0 Å². The molecule has 1 saturated heterocycles. The minimum absolute atomic E-state index is 0.228. The summed E-state index contributed by atoms with van der Waals surface area (Å²) in [5.41, 5.74) is 0.670. The van der Waals surface area contributed by atoms with Crippen LogP contribution >= 0.6 is 0 Å². The lowest BCUT2D eigenvalue weighted by Gasteiger charge is -2.40. The molecule has 1 aliphatic heterocycles. The zero-order valence-electron chi connectivity index (χ0n) is 18.6. The summed E-state index contributed by atoms with van der Waals surface area (Å²) in [5, 5.41) is 5.03. The first-order valence-corrected chi connectivity index (χ1v) is 10.1. The number of anilines is 1. The van der Waals surface area contributed by atoms with E-state index in [1.807, 2.05) is 0 Å². The molecule has 0 spiro atoms. The van der Waals surface area contributed by atoms with Crippen molar-refractivity contribution in [1.29, 1.82) is 0 Å². The minimum Gasteiger partial charge on any atom is -0.462 e. The average molecular weight is 466 g/mol. The number of nitrogens with one attached hydrogen (secondary N) is 2. The SMILES string of the molecule is CCOC(=O)c1ccc(NC(=O)N[C@@H]2OC[C@H](OC(C)=O)[C@H](OC(C)=O)[C@H]2OC(C)=O)cc1.